The van der Waals surface area contributed by atoms with Crippen molar-refractivity contribution in [2.24, 2.45) is 5.92 Å². The molecule has 0 aliphatic rings. The second-order valence-corrected chi connectivity index (χ2v) is 7.74. The molecule has 114 valence electrons. The van der Waals surface area contributed by atoms with Gasteiger partial charge in [-0.25, -0.2) is 8.42 Å². The van der Waals surface area contributed by atoms with Gasteiger partial charge in [0.05, 0.1) is 11.5 Å². The molecule has 0 bridgehead atoms. The molecule has 1 atom stereocenters. The van der Waals surface area contributed by atoms with E-state index in [1.54, 1.807) is 25.2 Å². The van der Waals surface area contributed by atoms with E-state index in [-0.39, 0.29) is 17.5 Å². The molecule has 1 aromatic rings. The molecular weight excluding hydrogens is 274 g/mol. The van der Waals surface area contributed by atoms with Crippen LogP contribution >= 0.6 is 0 Å². The highest BCUT2D eigenvalue weighted by Crippen LogP contribution is 2.22. The molecule has 0 fully saturated rings. The van der Waals surface area contributed by atoms with Gasteiger partial charge in [0.1, 0.15) is 0 Å². The van der Waals surface area contributed by atoms with Crippen LogP contribution in [-0.4, -0.2) is 30.9 Å². The van der Waals surface area contributed by atoms with E-state index in [4.69, 9.17) is 0 Å². The van der Waals surface area contributed by atoms with Crippen molar-refractivity contribution in [2.75, 3.05) is 7.05 Å². The molecule has 0 aliphatic carbocycles. The minimum atomic E-state index is -3.51. The Labute approximate surface area is 122 Å². The lowest BCUT2D eigenvalue weighted by atomic mass is 10.1. The number of rotatable bonds is 6. The Balaban J connectivity index is 3.10. The highest BCUT2D eigenvalue weighted by molar-refractivity contribution is 7.89. The minimum absolute atomic E-state index is 0.0566. The molecular formula is C15H25NO3S. The maximum absolute atomic E-state index is 12.6. The highest BCUT2D eigenvalue weighted by atomic mass is 32.2. The van der Waals surface area contributed by atoms with Gasteiger partial charge in [-0.2, -0.15) is 4.31 Å². The standard InChI is InChI=1S/C15H25NO3S/c1-11(2)8-13(4)16(5)20(18,19)15-7-6-12(3)14(9-15)10-17/h6-7,9,11,13,17H,8,10H2,1-5H3. The van der Waals surface area contributed by atoms with Crippen molar-refractivity contribution in [3.63, 3.8) is 0 Å². The third-order valence-corrected chi connectivity index (χ3v) is 5.57. The van der Waals surface area contributed by atoms with Crippen LogP contribution in [0.25, 0.3) is 0 Å². The first-order chi connectivity index (χ1) is 9.20. The van der Waals surface area contributed by atoms with Crippen LogP contribution in [0.5, 0.6) is 0 Å². The van der Waals surface area contributed by atoms with E-state index in [0.717, 1.165) is 12.0 Å². The molecule has 0 spiro atoms. The Bertz CT molecular complexity index is 552. The minimum Gasteiger partial charge on any atom is -0.392 e. The molecule has 5 heteroatoms. The Morgan fingerprint density at radius 1 is 1.25 bits per heavy atom. The van der Waals surface area contributed by atoms with Crippen molar-refractivity contribution in [3.8, 4) is 0 Å². The molecule has 0 aliphatic heterocycles. The van der Waals surface area contributed by atoms with Gasteiger partial charge in [0.25, 0.3) is 0 Å². The molecule has 1 rings (SSSR count). The number of benzene rings is 1. The number of hydrogen-bond acceptors (Lipinski definition) is 3. The van der Waals surface area contributed by atoms with Crippen LogP contribution in [0.3, 0.4) is 0 Å². The first-order valence-electron chi connectivity index (χ1n) is 6.88. The molecule has 4 nitrogen and oxygen atoms in total. The average Bonchev–Trinajstić information content (AvgIpc) is 2.37. The molecule has 0 radical (unpaired) electrons. The number of aryl methyl sites for hydroxylation is 1. The lowest BCUT2D eigenvalue weighted by molar-refractivity contribution is 0.280. The quantitative estimate of drug-likeness (QED) is 0.878. The van der Waals surface area contributed by atoms with Crippen LogP contribution in [0.4, 0.5) is 0 Å². The van der Waals surface area contributed by atoms with E-state index in [1.165, 1.54) is 4.31 Å². The van der Waals surface area contributed by atoms with Crippen LogP contribution in [0.2, 0.25) is 0 Å². The summed E-state index contributed by atoms with van der Waals surface area (Å²) < 4.78 is 26.6. The van der Waals surface area contributed by atoms with Gasteiger partial charge in [-0.15, -0.1) is 0 Å². The monoisotopic (exact) mass is 299 g/mol. The van der Waals surface area contributed by atoms with Crippen molar-refractivity contribution in [1.29, 1.82) is 0 Å². The fraction of sp³-hybridized carbons (Fsp3) is 0.600. The van der Waals surface area contributed by atoms with Crippen molar-refractivity contribution in [2.45, 2.75) is 51.7 Å². The Morgan fingerprint density at radius 3 is 2.35 bits per heavy atom. The second kappa shape index (κ2) is 6.70. The molecule has 1 N–H and O–H groups in total. The van der Waals surface area contributed by atoms with Crippen molar-refractivity contribution >= 4 is 10.0 Å². The van der Waals surface area contributed by atoms with E-state index < -0.39 is 10.0 Å². The summed E-state index contributed by atoms with van der Waals surface area (Å²) in [6, 6.07) is 4.84. The number of aliphatic hydroxyl groups is 1. The predicted octanol–water partition coefficient (Wildman–Crippen LogP) is 2.54. The van der Waals surface area contributed by atoms with E-state index in [2.05, 4.69) is 13.8 Å². The number of sulfonamides is 1. The zero-order valence-electron chi connectivity index (χ0n) is 12.9. The fourth-order valence-corrected chi connectivity index (χ4v) is 3.64. The van der Waals surface area contributed by atoms with E-state index in [0.29, 0.717) is 11.5 Å². The molecule has 1 unspecified atom stereocenters. The normalized spacial score (nSPS) is 14.0. The summed E-state index contributed by atoms with van der Waals surface area (Å²) in [5.74, 6) is 0.439. The molecule has 20 heavy (non-hydrogen) atoms. The van der Waals surface area contributed by atoms with E-state index >= 15 is 0 Å². The Morgan fingerprint density at radius 2 is 1.85 bits per heavy atom. The van der Waals surface area contributed by atoms with Crippen LogP contribution in [-0.2, 0) is 16.6 Å². The summed E-state index contributed by atoms with van der Waals surface area (Å²) in [4.78, 5) is 0.241. The summed E-state index contributed by atoms with van der Waals surface area (Å²) in [6.45, 7) is 7.77. The van der Waals surface area contributed by atoms with E-state index in [9.17, 15) is 13.5 Å². The van der Waals surface area contributed by atoms with Crippen molar-refractivity contribution in [3.05, 3.63) is 29.3 Å². The van der Waals surface area contributed by atoms with Crippen molar-refractivity contribution < 1.29 is 13.5 Å². The Hall–Kier alpha value is -0.910. The van der Waals surface area contributed by atoms with Crippen LogP contribution in [0.1, 0.15) is 38.3 Å². The summed E-state index contributed by atoms with van der Waals surface area (Å²) in [5.41, 5.74) is 1.54. The highest BCUT2D eigenvalue weighted by Gasteiger charge is 2.26. The largest absolute Gasteiger partial charge is 0.392 e. The lowest BCUT2D eigenvalue weighted by Crippen LogP contribution is -2.36. The predicted molar refractivity (Wildman–Crippen MR) is 81.0 cm³/mol. The van der Waals surface area contributed by atoms with Gasteiger partial charge >= 0.3 is 0 Å². The van der Waals surface area contributed by atoms with Gasteiger partial charge in [-0.1, -0.05) is 19.9 Å². The summed E-state index contributed by atoms with van der Waals surface area (Å²) in [6.07, 6.45) is 0.814. The number of aliphatic hydroxyl groups excluding tert-OH is 1. The zero-order valence-corrected chi connectivity index (χ0v) is 13.7. The van der Waals surface area contributed by atoms with Gasteiger partial charge in [0, 0.05) is 13.1 Å². The van der Waals surface area contributed by atoms with E-state index in [1.807, 2.05) is 13.8 Å². The molecule has 0 amide bonds. The van der Waals surface area contributed by atoms with Gasteiger partial charge < -0.3 is 5.11 Å². The number of nitrogens with zero attached hydrogens (tertiary/aromatic N) is 1. The van der Waals surface area contributed by atoms with Gasteiger partial charge in [-0.3, -0.25) is 0 Å². The molecule has 0 aromatic heterocycles. The maximum atomic E-state index is 12.6. The molecule has 1 aromatic carbocycles. The zero-order chi connectivity index (χ0) is 15.5. The molecule has 0 heterocycles. The van der Waals surface area contributed by atoms with Crippen LogP contribution in [0.15, 0.2) is 23.1 Å². The Kier molecular flexibility index (Phi) is 5.74. The van der Waals surface area contributed by atoms with Crippen LogP contribution in [0, 0.1) is 12.8 Å². The third kappa shape index (κ3) is 3.81. The summed E-state index contributed by atoms with van der Waals surface area (Å²) in [7, 11) is -1.90. The third-order valence-electron chi connectivity index (χ3n) is 3.60. The first kappa shape index (κ1) is 17.1. The summed E-state index contributed by atoms with van der Waals surface area (Å²) in [5, 5.41) is 9.27. The summed E-state index contributed by atoms with van der Waals surface area (Å²) >= 11 is 0. The first-order valence-corrected chi connectivity index (χ1v) is 8.32. The maximum Gasteiger partial charge on any atom is 0.243 e. The second-order valence-electron chi connectivity index (χ2n) is 5.75. The fourth-order valence-electron chi connectivity index (χ4n) is 2.21. The van der Waals surface area contributed by atoms with Gasteiger partial charge in [0.2, 0.25) is 10.0 Å². The van der Waals surface area contributed by atoms with Gasteiger partial charge in [0.15, 0.2) is 0 Å². The molecule has 0 saturated heterocycles. The van der Waals surface area contributed by atoms with Gasteiger partial charge in [-0.05, 0) is 49.4 Å². The molecule has 0 saturated carbocycles. The smallest absolute Gasteiger partial charge is 0.243 e. The SMILES string of the molecule is Cc1ccc(S(=O)(=O)N(C)C(C)CC(C)C)cc1CO. The lowest BCUT2D eigenvalue weighted by Gasteiger charge is -2.26. The average molecular weight is 299 g/mol. The van der Waals surface area contributed by atoms with Crippen LogP contribution < -0.4 is 0 Å². The number of hydrogen-bond donors (Lipinski definition) is 1. The topological polar surface area (TPSA) is 57.6 Å². The van der Waals surface area contributed by atoms with Crippen molar-refractivity contribution in [1.82, 2.24) is 4.31 Å².